The van der Waals surface area contributed by atoms with Gasteiger partial charge in [0.25, 0.3) is 0 Å². The van der Waals surface area contributed by atoms with Crippen LogP contribution in [0.3, 0.4) is 0 Å². The van der Waals surface area contributed by atoms with Gasteiger partial charge in [0, 0.05) is 29.3 Å². The maximum Gasteiger partial charge on any atom is 0.344 e. The predicted octanol–water partition coefficient (Wildman–Crippen LogP) is 7.88. The van der Waals surface area contributed by atoms with Gasteiger partial charge in [-0.15, -0.1) is 0 Å². The second-order valence-electron chi connectivity index (χ2n) is 12.3. The molecular weight excluding hydrogens is 624 g/mol. The van der Waals surface area contributed by atoms with Crippen LogP contribution < -0.4 is 14.2 Å². The van der Waals surface area contributed by atoms with Gasteiger partial charge in [-0.25, -0.2) is 4.79 Å². The van der Waals surface area contributed by atoms with Gasteiger partial charge in [0.2, 0.25) is 0 Å². The highest BCUT2D eigenvalue weighted by Crippen LogP contribution is 2.48. The molecule has 0 bridgehead atoms. The molecule has 2 aromatic rings. The molecule has 3 unspecified atom stereocenters. The average Bonchev–Trinajstić information content (AvgIpc) is 2.94. The summed E-state index contributed by atoms with van der Waals surface area (Å²) in [5.41, 5.74) is 3.25. The molecule has 0 amide bonds. The van der Waals surface area contributed by atoms with Gasteiger partial charge in [-0.05, 0) is 105 Å². The van der Waals surface area contributed by atoms with Gasteiger partial charge in [-0.2, -0.15) is 5.26 Å². The summed E-state index contributed by atoms with van der Waals surface area (Å²) in [6.07, 6.45) is 3.23. The molecule has 8 nitrogen and oxygen atoms in total. The van der Waals surface area contributed by atoms with Crippen LogP contribution in [-0.2, 0) is 20.9 Å². The molecule has 0 spiro atoms. The van der Waals surface area contributed by atoms with Crippen LogP contribution in [0.2, 0.25) is 0 Å². The van der Waals surface area contributed by atoms with E-state index in [1.165, 1.54) is 0 Å². The Kier molecular flexibility index (Phi) is 10.9. The lowest BCUT2D eigenvalue weighted by Crippen LogP contribution is -2.32. The quantitative estimate of drug-likeness (QED) is 0.225. The van der Waals surface area contributed by atoms with E-state index in [9.17, 15) is 14.9 Å². The third-order valence-electron chi connectivity index (χ3n) is 7.56. The summed E-state index contributed by atoms with van der Waals surface area (Å²) in [6.45, 7) is 11.7. The first kappa shape index (κ1) is 33.3. The van der Waals surface area contributed by atoms with E-state index >= 15 is 0 Å². The van der Waals surface area contributed by atoms with Crippen LogP contribution >= 0.6 is 15.9 Å². The Morgan fingerprint density at radius 3 is 2.57 bits per heavy atom. The molecule has 234 valence electrons. The summed E-state index contributed by atoms with van der Waals surface area (Å²) >= 11 is 3.68. The number of ether oxygens (including phenoxy) is 4. The predicted molar refractivity (Wildman–Crippen MR) is 172 cm³/mol. The number of carbonyl (C=O) groups excluding carboxylic acids is 2. The van der Waals surface area contributed by atoms with Crippen molar-refractivity contribution in [3.8, 4) is 23.3 Å². The number of carbonyl (C=O) groups is 2. The fourth-order valence-electron chi connectivity index (χ4n) is 5.84. The van der Waals surface area contributed by atoms with E-state index in [1.54, 1.807) is 6.07 Å². The normalized spacial score (nSPS) is 19.9. The lowest BCUT2D eigenvalue weighted by atomic mass is 9.70. The molecular formula is C35H41BrN2O6. The Balaban J connectivity index is 1.58. The van der Waals surface area contributed by atoms with Crippen LogP contribution in [0.4, 0.5) is 0 Å². The minimum Gasteiger partial charge on any atom is -0.490 e. The molecule has 2 aromatic carbocycles. The molecule has 2 aliphatic rings. The second-order valence-corrected chi connectivity index (χ2v) is 13.1. The fourth-order valence-corrected chi connectivity index (χ4v) is 6.42. The molecule has 44 heavy (non-hydrogen) atoms. The van der Waals surface area contributed by atoms with Crippen molar-refractivity contribution in [1.29, 1.82) is 5.26 Å². The minimum absolute atomic E-state index is 0.0781. The Labute approximate surface area is 268 Å². The summed E-state index contributed by atoms with van der Waals surface area (Å²) in [4.78, 5) is 30.4. The summed E-state index contributed by atoms with van der Waals surface area (Å²) in [5.74, 6) is 0.469. The molecule has 1 heterocycles. The highest BCUT2D eigenvalue weighted by atomic mass is 79.9. The van der Waals surface area contributed by atoms with Gasteiger partial charge in [0.05, 0.1) is 23.1 Å². The summed E-state index contributed by atoms with van der Waals surface area (Å²) < 4.78 is 23.9. The molecule has 0 N–H and O–H groups in total. The van der Waals surface area contributed by atoms with Crippen molar-refractivity contribution in [1.82, 2.24) is 0 Å². The zero-order chi connectivity index (χ0) is 32.0. The van der Waals surface area contributed by atoms with Crippen molar-refractivity contribution in [3.63, 3.8) is 0 Å². The lowest BCUT2D eigenvalue weighted by molar-refractivity contribution is -0.157. The van der Waals surface area contributed by atoms with Crippen LogP contribution in [0.1, 0.15) is 84.3 Å². The number of ketones is 1. The monoisotopic (exact) mass is 664 g/mol. The Morgan fingerprint density at radius 2 is 1.89 bits per heavy atom. The van der Waals surface area contributed by atoms with E-state index < -0.39 is 23.4 Å². The molecule has 1 aliphatic carbocycles. The molecule has 4 rings (SSSR count). The Hall–Kier alpha value is -3.64. The van der Waals surface area contributed by atoms with Gasteiger partial charge in [-0.3, -0.25) is 9.79 Å². The number of benzene rings is 2. The standard InChI is InChI=1S/C35H41BrN2O6/c1-7-10-22-14-28-33(29(39)15-22)32(26(18-37)21(3)38-28)24-16-27(36)34(30(17-24)41-8-2)43-19-23-11-9-12-25(13-23)42-20-31(40)44-35(4,5)6/h9,11-13,16-17,22,26,32H,7-8,10,14-15,19-20H2,1-6H3. The summed E-state index contributed by atoms with van der Waals surface area (Å²) in [7, 11) is 0. The third-order valence-corrected chi connectivity index (χ3v) is 8.15. The SMILES string of the molecule is CCCC1CC(=O)C2=C(C1)N=C(C)C(C#N)C2c1cc(Br)c(OCc2cccc(OCC(=O)OC(C)(C)C)c2)c(OCC)c1. The van der Waals surface area contributed by atoms with Gasteiger partial charge < -0.3 is 18.9 Å². The first-order valence-corrected chi connectivity index (χ1v) is 16.0. The highest BCUT2D eigenvalue weighted by molar-refractivity contribution is 9.10. The van der Waals surface area contributed by atoms with Crippen LogP contribution in [0.5, 0.6) is 17.2 Å². The molecule has 0 fully saturated rings. The Morgan fingerprint density at radius 1 is 1.11 bits per heavy atom. The topological polar surface area (TPSA) is 107 Å². The van der Waals surface area contributed by atoms with Crippen molar-refractivity contribution < 1.29 is 28.5 Å². The largest absolute Gasteiger partial charge is 0.490 e. The number of esters is 1. The number of nitrogens with zero attached hydrogens (tertiary/aromatic N) is 2. The average molecular weight is 666 g/mol. The fraction of sp³-hybridized carbons (Fsp3) is 0.486. The number of nitriles is 1. The van der Waals surface area contributed by atoms with Crippen molar-refractivity contribution in [2.75, 3.05) is 13.2 Å². The van der Waals surface area contributed by atoms with Crippen LogP contribution in [-0.4, -0.2) is 36.3 Å². The smallest absolute Gasteiger partial charge is 0.344 e. The van der Waals surface area contributed by atoms with Gasteiger partial charge >= 0.3 is 5.97 Å². The van der Waals surface area contributed by atoms with E-state index in [1.807, 2.05) is 65.0 Å². The number of Topliss-reactive ketones (excluding diaryl/α,β-unsaturated/α-hetero) is 1. The molecule has 3 atom stereocenters. The summed E-state index contributed by atoms with van der Waals surface area (Å²) in [5, 5.41) is 10.2. The number of allylic oxidation sites excluding steroid dienone is 2. The van der Waals surface area contributed by atoms with Gasteiger partial charge in [0.15, 0.2) is 23.9 Å². The molecule has 9 heteroatoms. The van der Waals surface area contributed by atoms with E-state index in [0.29, 0.717) is 40.3 Å². The zero-order valence-electron chi connectivity index (χ0n) is 26.4. The van der Waals surface area contributed by atoms with Crippen molar-refractivity contribution in [2.24, 2.45) is 16.8 Å². The maximum absolute atomic E-state index is 13.5. The molecule has 0 aromatic heterocycles. The van der Waals surface area contributed by atoms with Crippen LogP contribution in [0.25, 0.3) is 0 Å². The number of aliphatic imine (C=N–C) groups is 1. The second kappa shape index (κ2) is 14.4. The van der Waals surface area contributed by atoms with E-state index in [0.717, 1.165) is 41.8 Å². The first-order chi connectivity index (χ1) is 20.9. The number of hydrogen-bond acceptors (Lipinski definition) is 8. The third kappa shape index (κ3) is 8.09. The maximum atomic E-state index is 13.5. The summed E-state index contributed by atoms with van der Waals surface area (Å²) in [6, 6.07) is 13.5. The Bertz CT molecular complexity index is 1500. The number of halogens is 1. The lowest BCUT2D eigenvalue weighted by Gasteiger charge is -2.35. The van der Waals surface area contributed by atoms with Crippen molar-refractivity contribution >= 4 is 33.4 Å². The van der Waals surface area contributed by atoms with Crippen molar-refractivity contribution in [2.45, 2.75) is 85.4 Å². The number of hydrogen-bond donors (Lipinski definition) is 0. The van der Waals surface area contributed by atoms with Gasteiger partial charge in [-0.1, -0.05) is 25.5 Å². The molecule has 0 saturated heterocycles. The minimum atomic E-state index is -0.584. The van der Waals surface area contributed by atoms with Gasteiger partial charge in [0.1, 0.15) is 18.0 Å². The highest BCUT2D eigenvalue weighted by Gasteiger charge is 2.41. The van der Waals surface area contributed by atoms with Crippen molar-refractivity contribution in [3.05, 3.63) is 63.3 Å². The zero-order valence-corrected chi connectivity index (χ0v) is 28.0. The number of rotatable bonds is 11. The van der Waals surface area contributed by atoms with E-state index in [4.69, 9.17) is 23.9 Å². The van der Waals surface area contributed by atoms with E-state index in [2.05, 4.69) is 28.9 Å². The molecule has 1 aliphatic heterocycles. The molecule has 0 saturated carbocycles. The van der Waals surface area contributed by atoms with Crippen LogP contribution in [0, 0.1) is 23.2 Å². The molecule has 0 radical (unpaired) electrons. The van der Waals surface area contributed by atoms with Crippen LogP contribution in [0.15, 0.2) is 57.1 Å². The van der Waals surface area contributed by atoms with E-state index in [-0.39, 0.29) is 24.9 Å². The first-order valence-electron chi connectivity index (χ1n) is 15.2.